The van der Waals surface area contributed by atoms with Gasteiger partial charge < -0.3 is 14.8 Å². The fourth-order valence-corrected chi connectivity index (χ4v) is 1.52. The Labute approximate surface area is 113 Å². The first kappa shape index (κ1) is 13.6. The lowest BCUT2D eigenvalue weighted by atomic mass is 10.2. The Morgan fingerprint density at radius 2 is 2.11 bits per heavy atom. The molecule has 0 saturated heterocycles. The minimum atomic E-state index is -0.358. The van der Waals surface area contributed by atoms with Gasteiger partial charge in [-0.1, -0.05) is 0 Å². The number of carbonyl (C=O) groups is 1. The summed E-state index contributed by atoms with van der Waals surface area (Å²) in [5.41, 5.74) is 0.114. The highest BCUT2D eigenvalue weighted by atomic mass is 16.5. The number of amides is 1. The summed E-state index contributed by atoms with van der Waals surface area (Å²) in [6.45, 7) is 5.84. The Morgan fingerprint density at radius 3 is 2.63 bits per heavy atom. The zero-order chi connectivity index (χ0) is 14.0. The fraction of sp³-hybridized carbons (Fsp3) is 0.571. The van der Waals surface area contributed by atoms with Crippen molar-refractivity contribution in [2.45, 2.75) is 45.3 Å². The van der Waals surface area contributed by atoms with Crippen molar-refractivity contribution in [1.82, 2.24) is 10.3 Å². The summed E-state index contributed by atoms with van der Waals surface area (Å²) in [4.78, 5) is 15.8. The predicted octanol–water partition coefficient (Wildman–Crippen LogP) is 2.16. The van der Waals surface area contributed by atoms with Crippen LogP contribution in [0.3, 0.4) is 0 Å². The van der Waals surface area contributed by atoms with Crippen molar-refractivity contribution in [2.75, 3.05) is 7.05 Å². The molecular weight excluding hydrogens is 244 g/mol. The van der Waals surface area contributed by atoms with E-state index in [9.17, 15) is 4.79 Å². The van der Waals surface area contributed by atoms with E-state index >= 15 is 0 Å². The van der Waals surface area contributed by atoms with Crippen molar-refractivity contribution in [1.29, 1.82) is 0 Å². The summed E-state index contributed by atoms with van der Waals surface area (Å²) < 4.78 is 11.5. The van der Waals surface area contributed by atoms with Gasteiger partial charge in [0.25, 0.3) is 11.8 Å². The van der Waals surface area contributed by atoms with Crippen molar-refractivity contribution in [3.05, 3.63) is 17.8 Å². The predicted molar refractivity (Wildman–Crippen MR) is 71.7 cm³/mol. The summed E-state index contributed by atoms with van der Waals surface area (Å²) >= 11 is 0. The maximum Gasteiger partial charge on any atom is 0.257 e. The van der Waals surface area contributed by atoms with Crippen molar-refractivity contribution >= 4 is 5.91 Å². The number of rotatable bonds is 4. The van der Waals surface area contributed by atoms with E-state index in [4.69, 9.17) is 9.47 Å². The van der Waals surface area contributed by atoms with Gasteiger partial charge in [-0.15, -0.1) is 0 Å². The largest absolute Gasteiger partial charge is 0.485 e. The van der Waals surface area contributed by atoms with E-state index < -0.39 is 0 Å². The van der Waals surface area contributed by atoms with Gasteiger partial charge in [0.2, 0.25) is 0 Å². The minimum Gasteiger partial charge on any atom is -0.485 e. The first-order valence-corrected chi connectivity index (χ1v) is 6.47. The van der Waals surface area contributed by atoms with Crippen molar-refractivity contribution in [2.24, 2.45) is 0 Å². The summed E-state index contributed by atoms with van der Waals surface area (Å²) in [5.74, 6) is 0.793. The van der Waals surface area contributed by atoms with E-state index in [1.54, 1.807) is 13.1 Å². The van der Waals surface area contributed by atoms with Crippen LogP contribution in [0.5, 0.6) is 11.6 Å². The number of pyridine rings is 1. The van der Waals surface area contributed by atoms with Crippen LogP contribution >= 0.6 is 0 Å². The molecule has 0 spiro atoms. The van der Waals surface area contributed by atoms with Crippen LogP contribution in [0, 0.1) is 0 Å². The molecule has 0 unspecified atom stereocenters. The molecule has 2 rings (SSSR count). The van der Waals surface area contributed by atoms with E-state index in [-0.39, 0.29) is 17.6 Å². The summed E-state index contributed by atoms with van der Waals surface area (Å²) in [5, 5.41) is 2.57. The lowest BCUT2D eigenvalue weighted by Gasteiger charge is -2.22. The number of ether oxygens (including phenoxy) is 2. The topological polar surface area (TPSA) is 60.5 Å². The molecule has 19 heavy (non-hydrogen) atoms. The second kappa shape index (κ2) is 5.07. The molecule has 0 aromatic carbocycles. The molecule has 1 amide bonds. The highest BCUT2D eigenvalue weighted by molar-refractivity contribution is 5.94. The molecule has 1 aromatic rings. The molecule has 0 radical (unpaired) electrons. The third kappa shape index (κ3) is 3.84. The van der Waals surface area contributed by atoms with Gasteiger partial charge in [0.1, 0.15) is 5.60 Å². The second-order valence-corrected chi connectivity index (χ2v) is 5.64. The van der Waals surface area contributed by atoms with Crippen molar-refractivity contribution in [3.63, 3.8) is 0 Å². The molecule has 5 nitrogen and oxygen atoms in total. The van der Waals surface area contributed by atoms with Crippen LogP contribution in [0.4, 0.5) is 0 Å². The van der Waals surface area contributed by atoms with Crippen LogP contribution in [-0.2, 0) is 0 Å². The normalized spacial score (nSPS) is 14.9. The zero-order valence-corrected chi connectivity index (χ0v) is 11.8. The smallest absolute Gasteiger partial charge is 0.257 e. The average molecular weight is 264 g/mol. The van der Waals surface area contributed by atoms with Crippen LogP contribution in [0.2, 0.25) is 0 Å². The molecular formula is C14H20N2O3. The van der Waals surface area contributed by atoms with Gasteiger partial charge in [-0.3, -0.25) is 4.79 Å². The van der Waals surface area contributed by atoms with E-state index in [1.807, 2.05) is 20.8 Å². The van der Waals surface area contributed by atoms with Gasteiger partial charge in [0, 0.05) is 19.3 Å². The second-order valence-electron chi connectivity index (χ2n) is 5.64. The Hall–Kier alpha value is -1.78. The minimum absolute atomic E-state index is 0.185. The molecule has 0 atom stereocenters. The van der Waals surface area contributed by atoms with Crippen LogP contribution in [0.1, 0.15) is 44.0 Å². The third-order valence-electron chi connectivity index (χ3n) is 2.53. The van der Waals surface area contributed by atoms with Gasteiger partial charge in [-0.25, -0.2) is 4.98 Å². The van der Waals surface area contributed by atoms with Gasteiger partial charge in [0.15, 0.2) is 5.75 Å². The molecule has 1 aromatic heterocycles. The lowest BCUT2D eigenvalue weighted by molar-refractivity contribution is 0.0960. The van der Waals surface area contributed by atoms with Gasteiger partial charge in [-0.05, 0) is 33.6 Å². The standard InChI is InChI=1S/C14H20N2O3/c1-14(2,3)19-13-11(18-10-5-6-10)7-9(8-16-13)12(17)15-4/h7-8,10H,5-6H2,1-4H3,(H,15,17). The van der Waals surface area contributed by atoms with Gasteiger partial charge in [-0.2, -0.15) is 0 Å². The summed E-state index contributed by atoms with van der Waals surface area (Å²) in [7, 11) is 1.59. The van der Waals surface area contributed by atoms with Crippen molar-refractivity contribution < 1.29 is 14.3 Å². The fourth-order valence-electron chi connectivity index (χ4n) is 1.52. The zero-order valence-electron chi connectivity index (χ0n) is 11.8. The molecule has 1 heterocycles. The Kier molecular flexibility index (Phi) is 3.64. The first-order valence-electron chi connectivity index (χ1n) is 6.47. The highest BCUT2D eigenvalue weighted by Crippen LogP contribution is 2.34. The first-order chi connectivity index (χ1) is 8.89. The molecule has 1 fully saturated rings. The third-order valence-corrected chi connectivity index (χ3v) is 2.53. The highest BCUT2D eigenvalue weighted by Gasteiger charge is 2.27. The molecule has 5 heteroatoms. The molecule has 1 aliphatic carbocycles. The summed E-state index contributed by atoms with van der Waals surface area (Å²) in [6.07, 6.45) is 3.81. The van der Waals surface area contributed by atoms with E-state index in [2.05, 4.69) is 10.3 Å². The summed E-state index contributed by atoms with van der Waals surface area (Å²) in [6, 6.07) is 1.69. The molecule has 1 N–H and O–H groups in total. The number of hydrogen-bond donors (Lipinski definition) is 1. The van der Waals surface area contributed by atoms with Crippen LogP contribution in [0.25, 0.3) is 0 Å². The molecule has 1 aliphatic rings. The van der Waals surface area contributed by atoms with Crippen LogP contribution < -0.4 is 14.8 Å². The van der Waals surface area contributed by atoms with Crippen molar-refractivity contribution in [3.8, 4) is 11.6 Å². The van der Waals surface area contributed by atoms with E-state index in [0.717, 1.165) is 12.8 Å². The monoisotopic (exact) mass is 264 g/mol. The molecule has 104 valence electrons. The van der Waals surface area contributed by atoms with Crippen LogP contribution in [-0.4, -0.2) is 29.6 Å². The van der Waals surface area contributed by atoms with E-state index in [0.29, 0.717) is 17.2 Å². The quantitative estimate of drug-likeness (QED) is 0.905. The Morgan fingerprint density at radius 1 is 1.42 bits per heavy atom. The SMILES string of the molecule is CNC(=O)c1cnc(OC(C)(C)C)c(OC2CC2)c1. The van der Waals surface area contributed by atoms with Gasteiger partial charge in [0.05, 0.1) is 11.7 Å². The number of aromatic nitrogens is 1. The number of nitrogens with zero attached hydrogens (tertiary/aromatic N) is 1. The number of nitrogens with one attached hydrogen (secondary N) is 1. The van der Waals surface area contributed by atoms with Crippen LogP contribution in [0.15, 0.2) is 12.3 Å². The average Bonchev–Trinajstić information content (AvgIpc) is 3.12. The lowest BCUT2D eigenvalue weighted by Crippen LogP contribution is -2.24. The maximum absolute atomic E-state index is 11.6. The molecule has 0 aliphatic heterocycles. The van der Waals surface area contributed by atoms with E-state index in [1.165, 1.54) is 6.20 Å². The Bertz CT molecular complexity index is 476. The van der Waals surface area contributed by atoms with Gasteiger partial charge >= 0.3 is 0 Å². The Balaban J connectivity index is 2.27. The number of hydrogen-bond acceptors (Lipinski definition) is 4. The molecule has 0 bridgehead atoms. The molecule has 1 saturated carbocycles. The maximum atomic E-state index is 11.6. The number of carbonyl (C=O) groups excluding carboxylic acids is 1.